The van der Waals surface area contributed by atoms with Crippen LogP contribution in [-0.2, 0) is 29.6 Å². The van der Waals surface area contributed by atoms with Crippen molar-refractivity contribution in [1.82, 2.24) is 0 Å². The van der Waals surface area contributed by atoms with Gasteiger partial charge < -0.3 is 33.2 Å². The molecule has 3 aliphatic rings. The fourth-order valence-corrected chi connectivity index (χ4v) is 4.76. The molecule has 10 heteroatoms. The van der Waals surface area contributed by atoms with Crippen LogP contribution in [-0.4, -0.2) is 57.4 Å². The van der Waals surface area contributed by atoms with Gasteiger partial charge in [0.1, 0.15) is 36.2 Å². The van der Waals surface area contributed by atoms with Crippen molar-refractivity contribution in [3.8, 4) is 23.0 Å². The van der Waals surface area contributed by atoms with Gasteiger partial charge in [-0.05, 0) is 29.7 Å². The van der Waals surface area contributed by atoms with Crippen LogP contribution in [0.2, 0.25) is 0 Å². The Morgan fingerprint density at radius 2 is 1.44 bits per heavy atom. The summed E-state index contributed by atoms with van der Waals surface area (Å²) in [6.07, 6.45) is -1.72. The van der Waals surface area contributed by atoms with Crippen LogP contribution >= 0.6 is 0 Å². The Labute approximate surface area is 204 Å². The molecule has 0 radical (unpaired) electrons. The fraction of sp³-hybridized carbons (Fsp3) is 0.269. The molecule has 1 fully saturated rings. The molecule has 0 N–H and O–H groups in total. The highest BCUT2D eigenvalue weighted by Gasteiger charge is 2.70. The van der Waals surface area contributed by atoms with E-state index in [-0.39, 0.29) is 35.8 Å². The largest absolute Gasteiger partial charge is 0.445 e. The van der Waals surface area contributed by atoms with E-state index in [1.54, 1.807) is 12.1 Å². The van der Waals surface area contributed by atoms with Crippen LogP contribution in [0.25, 0.3) is 10.8 Å². The van der Waals surface area contributed by atoms with Crippen LogP contribution in [0.5, 0.6) is 23.0 Å². The number of benzene rings is 3. The molecule has 6 rings (SSSR count). The van der Waals surface area contributed by atoms with Crippen molar-refractivity contribution in [1.29, 1.82) is 0 Å². The molecule has 0 amide bonds. The van der Waals surface area contributed by atoms with Gasteiger partial charge in [-0.15, -0.1) is 0 Å². The normalized spacial score (nSPS) is 20.1. The number of Topliss-reactive ketones (excluding diaryl/α,β-unsaturated/α-hetero) is 1. The molecule has 2 unspecified atom stereocenters. The topological polar surface area (TPSA) is 119 Å². The lowest BCUT2D eigenvalue weighted by atomic mass is 9.83. The second kappa shape index (κ2) is 8.30. The van der Waals surface area contributed by atoms with Crippen molar-refractivity contribution in [2.24, 2.45) is 0 Å². The van der Waals surface area contributed by atoms with E-state index in [1.807, 2.05) is 24.3 Å². The Morgan fingerprint density at radius 3 is 2.06 bits per heavy atom. The molecule has 1 spiro atoms. The first-order chi connectivity index (χ1) is 17.5. The number of hydrogen-bond donors (Lipinski definition) is 0. The summed E-state index contributed by atoms with van der Waals surface area (Å²) in [7, 11) is 2.70. The van der Waals surface area contributed by atoms with Gasteiger partial charge in [-0.1, -0.05) is 24.3 Å². The number of ether oxygens (including phenoxy) is 7. The minimum atomic E-state index is -1.69. The molecule has 1 aliphatic carbocycles. The van der Waals surface area contributed by atoms with Crippen LogP contribution in [0.1, 0.15) is 15.9 Å². The standard InChI is InChI=1S/C26H20O10/c1-30-11-18(27)32-14-9-10-17(33-19(28)12-31-2)22-21(14)23(29)24-25(34-24)26(22)35-15-7-3-5-13-6-4-8-16(36-26)20(13)15/h3-10,24-25H,11-12H2,1-2H3. The van der Waals surface area contributed by atoms with Gasteiger partial charge in [0, 0.05) is 14.2 Å². The third-order valence-corrected chi connectivity index (χ3v) is 6.17. The Bertz CT molecular complexity index is 1390. The first kappa shape index (κ1) is 22.5. The quantitative estimate of drug-likeness (QED) is 0.288. The van der Waals surface area contributed by atoms with Gasteiger partial charge in [0.2, 0.25) is 0 Å². The molecule has 2 aliphatic heterocycles. The maximum atomic E-state index is 13.4. The number of hydrogen-bond acceptors (Lipinski definition) is 10. The third kappa shape index (κ3) is 3.34. The van der Waals surface area contributed by atoms with E-state index < -0.39 is 35.7 Å². The number of fused-ring (bicyclic) bond motifs is 4. The Kier molecular flexibility index (Phi) is 5.18. The summed E-state index contributed by atoms with van der Waals surface area (Å²) < 4.78 is 39.4. The molecule has 3 aromatic carbocycles. The summed E-state index contributed by atoms with van der Waals surface area (Å²) in [5.74, 6) is -2.63. The number of rotatable bonds is 6. The van der Waals surface area contributed by atoms with Gasteiger partial charge >= 0.3 is 17.7 Å². The second-order valence-electron chi connectivity index (χ2n) is 8.45. The Morgan fingerprint density at radius 1 is 0.861 bits per heavy atom. The zero-order valence-electron chi connectivity index (χ0n) is 19.3. The van der Waals surface area contributed by atoms with Crippen molar-refractivity contribution in [2.75, 3.05) is 27.4 Å². The maximum Gasteiger partial charge on any atom is 0.337 e. The second-order valence-corrected chi connectivity index (χ2v) is 8.45. The van der Waals surface area contributed by atoms with Gasteiger partial charge in [0.15, 0.2) is 18.0 Å². The predicted octanol–water partition coefficient (Wildman–Crippen LogP) is 2.53. The Balaban J connectivity index is 1.56. The number of ketones is 1. The Hall–Kier alpha value is -3.99. The average molecular weight is 492 g/mol. The van der Waals surface area contributed by atoms with Crippen molar-refractivity contribution in [3.05, 3.63) is 59.7 Å². The van der Waals surface area contributed by atoms with E-state index >= 15 is 0 Å². The highest BCUT2D eigenvalue weighted by atomic mass is 16.8. The molecule has 36 heavy (non-hydrogen) atoms. The lowest BCUT2D eigenvalue weighted by molar-refractivity contribution is -0.149. The third-order valence-electron chi connectivity index (χ3n) is 6.17. The van der Waals surface area contributed by atoms with E-state index in [1.165, 1.54) is 26.4 Å². The van der Waals surface area contributed by atoms with Crippen LogP contribution in [0.3, 0.4) is 0 Å². The monoisotopic (exact) mass is 492 g/mol. The zero-order chi connectivity index (χ0) is 25.0. The average Bonchev–Trinajstić information content (AvgIpc) is 3.66. The fourth-order valence-electron chi connectivity index (χ4n) is 4.76. The molecule has 1 saturated heterocycles. The lowest BCUT2D eigenvalue weighted by Crippen LogP contribution is -2.51. The molecule has 10 nitrogen and oxygen atoms in total. The van der Waals surface area contributed by atoms with E-state index in [0.29, 0.717) is 11.5 Å². The number of carbonyl (C=O) groups is 3. The summed E-state index contributed by atoms with van der Waals surface area (Å²) in [5.41, 5.74) is 0.0532. The van der Waals surface area contributed by atoms with Crippen molar-refractivity contribution in [2.45, 2.75) is 18.0 Å². The number of methoxy groups -OCH3 is 2. The van der Waals surface area contributed by atoms with Crippen molar-refractivity contribution >= 4 is 28.5 Å². The van der Waals surface area contributed by atoms with Crippen LogP contribution in [0.4, 0.5) is 0 Å². The molecule has 0 saturated carbocycles. The number of epoxide rings is 1. The molecule has 2 atom stereocenters. The van der Waals surface area contributed by atoms with Gasteiger partial charge in [-0.3, -0.25) is 4.79 Å². The molecule has 0 aromatic heterocycles. The van der Waals surface area contributed by atoms with E-state index in [9.17, 15) is 14.4 Å². The van der Waals surface area contributed by atoms with Crippen LogP contribution < -0.4 is 18.9 Å². The minimum Gasteiger partial charge on any atom is -0.445 e. The van der Waals surface area contributed by atoms with Gasteiger partial charge in [0.05, 0.1) is 16.5 Å². The SMILES string of the molecule is COCC(=O)Oc1ccc(OC(=O)COC)c2c1C(=O)C1OC1C21Oc2cccc3cccc(c23)O1. The van der Waals surface area contributed by atoms with E-state index in [0.717, 1.165) is 10.8 Å². The lowest BCUT2D eigenvalue weighted by Gasteiger charge is -2.40. The predicted molar refractivity (Wildman–Crippen MR) is 121 cm³/mol. The number of carbonyl (C=O) groups excluding carboxylic acids is 3. The first-order valence-electron chi connectivity index (χ1n) is 11.1. The molecule has 0 bridgehead atoms. The highest BCUT2D eigenvalue weighted by Crippen LogP contribution is 2.58. The summed E-state index contributed by atoms with van der Waals surface area (Å²) in [4.78, 5) is 38.1. The molecule has 184 valence electrons. The molecule has 3 aromatic rings. The summed E-state index contributed by atoms with van der Waals surface area (Å²) >= 11 is 0. The van der Waals surface area contributed by atoms with Crippen LogP contribution in [0.15, 0.2) is 48.5 Å². The van der Waals surface area contributed by atoms with Crippen molar-refractivity contribution < 1.29 is 47.5 Å². The highest BCUT2D eigenvalue weighted by molar-refractivity contribution is 6.08. The molecular weight excluding hydrogens is 472 g/mol. The maximum absolute atomic E-state index is 13.4. The first-order valence-corrected chi connectivity index (χ1v) is 11.1. The van der Waals surface area contributed by atoms with E-state index in [2.05, 4.69) is 0 Å². The van der Waals surface area contributed by atoms with E-state index in [4.69, 9.17) is 33.2 Å². The molecule has 2 heterocycles. The summed E-state index contributed by atoms with van der Waals surface area (Å²) in [6, 6.07) is 13.9. The summed E-state index contributed by atoms with van der Waals surface area (Å²) in [6.45, 7) is -0.656. The van der Waals surface area contributed by atoms with Gasteiger partial charge in [-0.25, -0.2) is 9.59 Å². The van der Waals surface area contributed by atoms with Crippen LogP contribution in [0, 0.1) is 0 Å². The number of esters is 2. The zero-order valence-corrected chi connectivity index (χ0v) is 19.3. The smallest absolute Gasteiger partial charge is 0.337 e. The van der Waals surface area contributed by atoms with Crippen molar-refractivity contribution in [3.63, 3.8) is 0 Å². The minimum absolute atomic E-state index is 0.00699. The molecular formula is C26H20O10. The van der Waals surface area contributed by atoms with Gasteiger partial charge in [0.25, 0.3) is 0 Å². The van der Waals surface area contributed by atoms with Gasteiger partial charge in [-0.2, -0.15) is 0 Å². The summed E-state index contributed by atoms with van der Waals surface area (Å²) in [5, 5.41) is 1.65.